The number of ether oxygens (including phenoxy) is 1. The summed E-state index contributed by atoms with van der Waals surface area (Å²) >= 11 is 0. The van der Waals surface area contributed by atoms with Gasteiger partial charge in [-0.15, -0.1) is 0 Å². The molecule has 2 aliphatic rings. The van der Waals surface area contributed by atoms with Crippen LogP contribution in [0.15, 0.2) is 60.1 Å². The number of hydrogen-bond donors (Lipinski definition) is 3. The summed E-state index contributed by atoms with van der Waals surface area (Å²) in [7, 11) is 1.63. The Morgan fingerprint density at radius 1 is 1.24 bits per heavy atom. The average Bonchev–Trinajstić information content (AvgIpc) is 3.85. The lowest BCUT2D eigenvalue weighted by Crippen LogP contribution is -2.20. The molecule has 5 rings (SSSR count). The van der Waals surface area contributed by atoms with Gasteiger partial charge in [0.15, 0.2) is 5.82 Å². The topological polar surface area (TPSA) is 159 Å². The van der Waals surface area contributed by atoms with E-state index in [2.05, 4.69) is 31.3 Å². The Hall–Kier alpha value is -4.78. The molecule has 186 valence electrons. The number of pyridine rings is 1. The van der Waals surface area contributed by atoms with Crippen LogP contribution in [0.5, 0.6) is 5.88 Å². The van der Waals surface area contributed by atoms with E-state index in [9.17, 15) is 15.2 Å². The van der Waals surface area contributed by atoms with E-state index < -0.39 is 11.4 Å². The van der Waals surface area contributed by atoms with Crippen LogP contribution in [0.4, 0.5) is 5.82 Å². The van der Waals surface area contributed by atoms with Crippen molar-refractivity contribution in [1.82, 2.24) is 15.0 Å². The number of amidine groups is 1. The summed E-state index contributed by atoms with van der Waals surface area (Å²) in [5, 5.41) is 22.4. The van der Waals surface area contributed by atoms with E-state index in [1.165, 1.54) is 6.20 Å². The molecule has 0 radical (unpaired) electrons. The van der Waals surface area contributed by atoms with E-state index in [4.69, 9.17) is 10.5 Å². The van der Waals surface area contributed by atoms with Gasteiger partial charge in [0.1, 0.15) is 11.9 Å². The second kappa shape index (κ2) is 9.70. The highest BCUT2D eigenvalue weighted by Gasteiger charge is 2.52. The van der Waals surface area contributed by atoms with E-state index >= 15 is 0 Å². The number of carboxylic acids is 1. The van der Waals surface area contributed by atoms with Crippen molar-refractivity contribution in [1.29, 1.82) is 5.26 Å². The molecule has 10 nitrogen and oxygen atoms in total. The third kappa shape index (κ3) is 4.84. The maximum Gasteiger partial charge on any atom is 0.314 e. The predicted octanol–water partition coefficient (Wildman–Crippen LogP) is 3.51. The normalized spacial score (nSPS) is 16.5. The fourth-order valence-electron chi connectivity index (χ4n) is 4.15. The number of rotatable bonds is 8. The van der Waals surface area contributed by atoms with Gasteiger partial charge >= 0.3 is 5.97 Å². The maximum absolute atomic E-state index is 11.7. The molecule has 0 atom stereocenters. The van der Waals surface area contributed by atoms with Crippen LogP contribution in [0.25, 0.3) is 16.7 Å². The minimum atomic E-state index is -0.941. The molecule has 10 heteroatoms. The molecule has 4 N–H and O–H groups in total. The number of aromatic nitrogens is 3. The smallest absolute Gasteiger partial charge is 0.314 e. The Morgan fingerprint density at radius 3 is 2.62 bits per heavy atom. The standard InChI is InChI=1S/C27H25N7O3/c1-30-25(34-23-14-31-15-24(33-23)37-19-4-5-19)20(12-29)22-7-3-17(13-32-22)16-2-6-21(18(10-16)11-28)27(8-9-27)26(35)36/h2-3,6-7,10,12-15,19H,4-5,8-9,29H2,1H3,(H,35,36)(H,30,33,34). The van der Waals surface area contributed by atoms with Crippen LogP contribution in [-0.2, 0) is 10.2 Å². The van der Waals surface area contributed by atoms with Gasteiger partial charge in [0.05, 0.1) is 40.7 Å². The van der Waals surface area contributed by atoms with Crippen molar-refractivity contribution in [2.45, 2.75) is 37.2 Å². The highest BCUT2D eigenvalue weighted by Crippen LogP contribution is 2.50. The molecule has 2 aliphatic carbocycles. The predicted molar refractivity (Wildman–Crippen MR) is 138 cm³/mol. The van der Waals surface area contributed by atoms with Gasteiger partial charge < -0.3 is 20.9 Å². The van der Waals surface area contributed by atoms with Gasteiger partial charge in [-0.25, -0.2) is 0 Å². The molecular weight excluding hydrogens is 470 g/mol. The van der Waals surface area contributed by atoms with Crippen molar-refractivity contribution in [2.75, 3.05) is 12.4 Å². The van der Waals surface area contributed by atoms with Gasteiger partial charge in [0, 0.05) is 25.0 Å². The molecule has 1 aromatic carbocycles. The number of nitrogens with two attached hydrogens (primary N) is 1. The Labute approximate surface area is 213 Å². The molecular formula is C27H25N7O3. The largest absolute Gasteiger partial charge is 0.481 e. The number of carbonyl (C=O) groups is 1. The van der Waals surface area contributed by atoms with Gasteiger partial charge in [-0.3, -0.25) is 19.8 Å². The van der Waals surface area contributed by atoms with Gasteiger partial charge in [-0.1, -0.05) is 18.2 Å². The van der Waals surface area contributed by atoms with E-state index in [-0.39, 0.29) is 6.10 Å². The highest BCUT2D eigenvalue weighted by molar-refractivity contribution is 6.27. The maximum atomic E-state index is 11.7. The summed E-state index contributed by atoms with van der Waals surface area (Å²) in [4.78, 5) is 29.2. The summed E-state index contributed by atoms with van der Waals surface area (Å²) in [5.74, 6) is 0.482. The lowest BCUT2D eigenvalue weighted by Gasteiger charge is -2.14. The molecule has 2 saturated carbocycles. The molecule has 37 heavy (non-hydrogen) atoms. The third-order valence-electron chi connectivity index (χ3n) is 6.50. The lowest BCUT2D eigenvalue weighted by molar-refractivity contribution is -0.140. The zero-order valence-electron chi connectivity index (χ0n) is 20.2. The van der Waals surface area contributed by atoms with Crippen molar-refractivity contribution in [3.8, 4) is 23.1 Å². The van der Waals surface area contributed by atoms with E-state index in [1.54, 1.807) is 43.8 Å². The van der Waals surface area contributed by atoms with Crippen LogP contribution in [0, 0.1) is 11.3 Å². The van der Waals surface area contributed by atoms with E-state index in [0.29, 0.717) is 52.8 Å². The molecule has 2 aromatic heterocycles. The van der Waals surface area contributed by atoms with Crippen molar-refractivity contribution in [2.24, 2.45) is 10.7 Å². The monoisotopic (exact) mass is 495 g/mol. The van der Waals surface area contributed by atoms with Crippen molar-refractivity contribution >= 4 is 23.2 Å². The zero-order valence-corrected chi connectivity index (χ0v) is 20.2. The van der Waals surface area contributed by atoms with Gasteiger partial charge in [0.25, 0.3) is 0 Å². The fraction of sp³-hybridized carbons (Fsp3) is 0.259. The Bertz CT molecular complexity index is 1450. The fourth-order valence-corrected chi connectivity index (χ4v) is 4.15. The number of aliphatic imine (C=N–C) groups is 1. The van der Waals surface area contributed by atoms with Crippen LogP contribution in [0.1, 0.15) is 42.5 Å². The molecule has 0 bridgehead atoms. The molecule has 0 spiro atoms. The Balaban J connectivity index is 1.36. The van der Waals surface area contributed by atoms with Crippen LogP contribution in [0.3, 0.4) is 0 Å². The number of benzene rings is 1. The highest BCUT2D eigenvalue weighted by atomic mass is 16.5. The Kier molecular flexibility index (Phi) is 6.27. The Morgan fingerprint density at radius 2 is 2.03 bits per heavy atom. The minimum absolute atomic E-state index is 0.207. The first kappa shape index (κ1) is 23.9. The zero-order chi connectivity index (χ0) is 26.0. The van der Waals surface area contributed by atoms with Gasteiger partial charge in [-0.2, -0.15) is 10.2 Å². The number of aliphatic carboxylic acids is 1. The first-order valence-corrected chi connectivity index (χ1v) is 11.9. The molecule has 0 unspecified atom stereocenters. The molecule has 3 aromatic rings. The van der Waals surface area contributed by atoms with Crippen LogP contribution < -0.4 is 15.8 Å². The van der Waals surface area contributed by atoms with E-state index in [0.717, 1.165) is 24.0 Å². The van der Waals surface area contributed by atoms with Crippen molar-refractivity contribution in [3.63, 3.8) is 0 Å². The van der Waals surface area contributed by atoms with Gasteiger partial charge in [-0.05, 0) is 48.9 Å². The minimum Gasteiger partial charge on any atom is -0.481 e. The van der Waals surface area contributed by atoms with Crippen molar-refractivity contribution < 1.29 is 14.6 Å². The SMILES string of the molecule is CN=C(Nc1cncc(OC2CC2)n1)C(=CN)c1ccc(-c2ccc(C3(C(=O)O)CC3)c(C#N)c2)cn1. The molecule has 0 aliphatic heterocycles. The molecule has 0 saturated heterocycles. The lowest BCUT2D eigenvalue weighted by atomic mass is 9.89. The molecule has 2 heterocycles. The van der Waals surface area contributed by atoms with Crippen LogP contribution in [-0.4, -0.2) is 45.0 Å². The van der Waals surface area contributed by atoms with Crippen LogP contribution in [0.2, 0.25) is 0 Å². The second-order valence-electron chi connectivity index (χ2n) is 9.03. The number of nitrogens with zero attached hydrogens (tertiary/aromatic N) is 5. The number of nitrogens with one attached hydrogen (secondary N) is 1. The quantitative estimate of drug-likeness (QED) is 0.314. The van der Waals surface area contributed by atoms with Crippen LogP contribution >= 0.6 is 0 Å². The van der Waals surface area contributed by atoms with Gasteiger partial charge in [0.2, 0.25) is 5.88 Å². The summed E-state index contributed by atoms with van der Waals surface area (Å²) in [5.41, 5.74) is 8.63. The number of nitriles is 1. The number of anilines is 1. The second-order valence-corrected chi connectivity index (χ2v) is 9.03. The summed E-state index contributed by atoms with van der Waals surface area (Å²) in [6.45, 7) is 0. The molecule has 2 fully saturated rings. The number of carboxylic acid groups (broad SMARTS) is 1. The third-order valence-corrected chi connectivity index (χ3v) is 6.50. The van der Waals surface area contributed by atoms with E-state index in [1.807, 2.05) is 12.1 Å². The molecule has 0 amide bonds. The first-order chi connectivity index (χ1) is 18.0. The average molecular weight is 496 g/mol. The number of hydrogen-bond acceptors (Lipinski definition) is 8. The summed E-state index contributed by atoms with van der Waals surface area (Å²) in [6.07, 6.45) is 9.57. The first-order valence-electron chi connectivity index (χ1n) is 11.9. The summed E-state index contributed by atoms with van der Waals surface area (Å²) in [6, 6.07) is 11.1. The summed E-state index contributed by atoms with van der Waals surface area (Å²) < 4.78 is 5.71. The van der Waals surface area contributed by atoms with Crippen molar-refractivity contribution in [3.05, 3.63) is 71.9 Å².